The molecule has 0 rings (SSSR count). The molecule has 0 aliphatic rings. The monoisotopic (exact) mass is 190 g/mol. The van der Waals surface area contributed by atoms with Crippen molar-refractivity contribution in [3.8, 4) is 0 Å². The van der Waals surface area contributed by atoms with Crippen molar-refractivity contribution in [2.24, 2.45) is 0 Å². The molecule has 0 fully saturated rings. The van der Waals surface area contributed by atoms with Gasteiger partial charge in [-0.25, -0.2) is 4.39 Å². The van der Waals surface area contributed by atoms with Crippen molar-refractivity contribution in [1.82, 2.24) is 0 Å². The Labute approximate surface area is 42.0 Å². The second-order valence-electron chi connectivity index (χ2n) is 0.399. The molecule has 0 N–H and O–H groups in total. The molecule has 0 radical (unpaired) electrons. The summed E-state index contributed by atoms with van der Waals surface area (Å²) < 4.78 is 20.7. The minimum atomic E-state index is -0.817. The lowest BCUT2D eigenvalue weighted by atomic mass is 11.2. The zero-order valence-electron chi connectivity index (χ0n) is 2.21. The van der Waals surface area contributed by atoms with E-state index in [0.29, 0.717) is 0 Å². The number of rotatable bonds is 0. The molecule has 0 saturated carbocycles. The van der Waals surface area contributed by atoms with E-state index in [2.05, 4.69) is 0 Å². The third-order valence-corrected chi connectivity index (χ3v) is 0.318. The molecule has 0 amide bonds. The fourth-order valence-corrected chi connectivity index (χ4v) is 0. The molecule has 0 atom stereocenters. The second-order valence-corrected chi connectivity index (χ2v) is 1.43. The molecule has 0 nitrogen and oxygen atoms in total. The Morgan fingerprint density at radius 3 is 2.00 bits per heavy atom. The Balaban J connectivity index is 3.14. The molecular weight excluding hydrogens is 189 g/mol. The highest BCUT2D eigenvalue weighted by Crippen LogP contribution is 2.04. The molecule has 0 heterocycles. The summed E-state index contributed by atoms with van der Waals surface area (Å²) >= 11 is 1.23. The van der Waals surface area contributed by atoms with Crippen molar-refractivity contribution in [2.45, 2.75) is 0 Å². The van der Waals surface area contributed by atoms with Crippen LogP contribution in [0.4, 0.5) is 8.78 Å². The Morgan fingerprint density at radius 2 is 2.00 bits per heavy atom. The van der Waals surface area contributed by atoms with Crippen molar-refractivity contribution < 1.29 is 8.78 Å². The standard InChI is InChI=1S/C2HF2I/c3-1-2(4)5/h1H/b2-1+. The molecule has 0 aromatic heterocycles. The number of halogens is 3. The highest BCUT2D eigenvalue weighted by atomic mass is 127. The molecule has 0 bridgehead atoms. The molecule has 30 valence electrons. The van der Waals surface area contributed by atoms with Crippen molar-refractivity contribution in [2.75, 3.05) is 0 Å². The van der Waals surface area contributed by atoms with Gasteiger partial charge in [0.05, 0.1) is 0 Å². The Morgan fingerprint density at radius 1 is 1.80 bits per heavy atom. The Hall–Kier alpha value is 0.330. The molecule has 0 spiro atoms. The average molecular weight is 190 g/mol. The van der Waals surface area contributed by atoms with Crippen LogP contribution in [0.15, 0.2) is 10.2 Å². The first kappa shape index (κ1) is 5.33. The van der Waals surface area contributed by atoms with Gasteiger partial charge in [-0.1, -0.05) is 0 Å². The van der Waals surface area contributed by atoms with Gasteiger partial charge in [-0.2, -0.15) is 4.39 Å². The highest BCUT2D eigenvalue weighted by molar-refractivity contribution is 14.1. The van der Waals surface area contributed by atoms with Gasteiger partial charge in [0.15, 0.2) is 3.83 Å². The van der Waals surface area contributed by atoms with Gasteiger partial charge in [-0.05, 0) is 22.6 Å². The zero-order valence-corrected chi connectivity index (χ0v) is 4.37. The van der Waals surface area contributed by atoms with Gasteiger partial charge in [0.2, 0.25) is 0 Å². The SMILES string of the molecule is F/C=C(\F)I. The molecule has 5 heavy (non-hydrogen) atoms. The van der Waals surface area contributed by atoms with E-state index in [4.69, 9.17) is 0 Å². The van der Waals surface area contributed by atoms with Gasteiger partial charge in [0, 0.05) is 0 Å². The summed E-state index contributed by atoms with van der Waals surface area (Å²) in [6.07, 6.45) is -0.0967. The van der Waals surface area contributed by atoms with Crippen LogP contribution in [0, 0.1) is 0 Å². The Kier molecular flexibility index (Phi) is 2.73. The predicted octanol–water partition coefficient (Wildman–Crippen LogP) is 2.16. The van der Waals surface area contributed by atoms with Gasteiger partial charge in [0.25, 0.3) is 0 Å². The lowest BCUT2D eigenvalue weighted by Gasteiger charge is -1.62. The minimum absolute atomic E-state index is 0.0967. The van der Waals surface area contributed by atoms with E-state index in [1.165, 1.54) is 22.6 Å². The largest absolute Gasteiger partial charge is 0.212 e. The molecular formula is C2HF2I. The van der Waals surface area contributed by atoms with Gasteiger partial charge in [0.1, 0.15) is 6.33 Å². The molecule has 0 unspecified atom stereocenters. The molecule has 0 aliphatic carbocycles. The van der Waals surface area contributed by atoms with Gasteiger partial charge < -0.3 is 0 Å². The van der Waals surface area contributed by atoms with Crippen LogP contribution >= 0.6 is 22.6 Å². The molecule has 3 heteroatoms. The van der Waals surface area contributed by atoms with Crippen molar-refractivity contribution >= 4 is 22.6 Å². The second kappa shape index (κ2) is 2.56. The normalized spacial score (nSPS) is 12.2. The summed E-state index contributed by atoms with van der Waals surface area (Å²) in [5.41, 5.74) is 0. The first-order valence-electron chi connectivity index (χ1n) is 0.885. The van der Waals surface area contributed by atoms with Crippen LogP contribution in [0.2, 0.25) is 0 Å². The van der Waals surface area contributed by atoms with Crippen molar-refractivity contribution in [1.29, 1.82) is 0 Å². The van der Waals surface area contributed by atoms with E-state index in [-0.39, 0.29) is 6.33 Å². The third kappa shape index (κ3) is 4.33. The topological polar surface area (TPSA) is 0 Å². The van der Waals surface area contributed by atoms with E-state index in [1.54, 1.807) is 0 Å². The average Bonchev–Trinajstić information content (AvgIpc) is 1.38. The maximum Gasteiger partial charge on any atom is 0.188 e. The van der Waals surface area contributed by atoms with Gasteiger partial charge in [-0.15, -0.1) is 0 Å². The Bertz CT molecular complexity index is 45.6. The van der Waals surface area contributed by atoms with Crippen LogP contribution in [0.25, 0.3) is 0 Å². The number of hydrogen-bond acceptors (Lipinski definition) is 0. The number of hydrogen-bond donors (Lipinski definition) is 0. The summed E-state index contributed by atoms with van der Waals surface area (Å²) in [6.45, 7) is 0. The summed E-state index contributed by atoms with van der Waals surface area (Å²) in [5, 5.41) is 0. The van der Waals surface area contributed by atoms with E-state index in [1.807, 2.05) is 0 Å². The van der Waals surface area contributed by atoms with E-state index in [0.717, 1.165) is 0 Å². The quantitative estimate of drug-likeness (QED) is 0.513. The van der Waals surface area contributed by atoms with Crippen LogP contribution in [0.5, 0.6) is 0 Å². The third-order valence-electron chi connectivity index (χ3n) is 0.0825. The van der Waals surface area contributed by atoms with Crippen LogP contribution in [-0.4, -0.2) is 0 Å². The molecule has 0 aliphatic heterocycles. The summed E-state index contributed by atoms with van der Waals surface area (Å²) in [7, 11) is 0. The lowest BCUT2D eigenvalue weighted by Crippen LogP contribution is -1.37. The van der Waals surface area contributed by atoms with Gasteiger partial charge in [-0.3, -0.25) is 0 Å². The first-order chi connectivity index (χ1) is 2.27. The van der Waals surface area contributed by atoms with Crippen molar-refractivity contribution in [3.63, 3.8) is 0 Å². The molecule has 0 saturated heterocycles. The van der Waals surface area contributed by atoms with Gasteiger partial charge >= 0.3 is 0 Å². The predicted molar refractivity (Wildman–Crippen MR) is 24.3 cm³/mol. The zero-order chi connectivity index (χ0) is 4.28. The van der Waals surface area contributed by atoms with Crippen LogP contribution < -0.4 is 0 Å². The molecule has 0 aromatic carbocycles. The summed E-state index contributed by atoms with van der Waals surface area (Å²) in [5.74, 6) is 0. The van der Waals surface area contributed by atoms with Crippen molar-refractivity contribution in [3.05, 3.63) is 10.2 Å². The smallest absolute Gasteiger partial charge is 0.188 e. The fraction of sp³-hybridized carbons (Fsp3) is 0. The maximum absolute atomic E-state index is 10.9. The van der Waals surface area contributed by atoms with Crippen LogP contribution in [0.3, 0.4) is 0 Å². The fourth-order valence-electron chi connectivity index (χ4n) is 0. The van der Waals surface area contributed by atoms with Crippen LogP contribution in [0.1, 0.15) is 0 Å². The van der Waals surface area contributed by atoms with Crippen LogP contribution in [-0.2, 0) is 0 Å². The van der Waals surface area contributed by atoms with E-state index < -0.39 is 3.83 Å². The van der Waals surface area contributed by atoms with E-state index >= 15 is 0 Å². The minimum Gasteiger partial charge on any atom is -0.212 e. The lowest BCUT2D eigenvalue weighted by molar-refractivity contribution is 0.638. The summed E-state index contributed by atoms with van der Waals surface area (Å²) in [6, 6.07) is 0. The van der Waals surface area contributed by atoms with E-state index in [9.17, 15) is 8.78 Å². The first-order valence-corrected chi connectivity index (χ1v) is 1.96. The summed E-state index contributed by atoms with van der Waals surface area (Å²) in [4.78, 5) is 0. The maximum atomic E-state index is 10.9. The molecule has 0 aromatic rings. The highest BCUT2D eigenvalue weighted by Gasteiger charge is 1.74.